The summed E-state index contributed by atoms with van der Waals surface area (Å²) in [7, 11) is 0. The second kappa shape index (κ2) is 40.7. The van der Waals surface area contributed by atoms with Gasteiger partial charge in [-0.15, -0.1) is 0 Å². The molecule has 0 aliphatic rings. The Morgan fingerprint density at radius 1 is 0.227 bits per heavy atom. The van der Waals surface area contributed by atoms with Gasteiger partial charge in [0.2, 0.25) is 0 Å². The van der Waals surface area contributed by atoms with Crippen molar-refractivity contribution >= 4 is 5.78 Å². The highest BCUT2D eigenvalue weighted by molar-refractivity contribution is 5.78. The molecule has 0 saturated heterocycles. The first-order valence-electron chi connectivity index (χ1n) is 21.3. The summed E-state index contributed by atoms with van der Waals surface area (Å²) >= 11 is 0. The molecule has 1 heteroatoms. The molecule has 0 aromatic carbocycles. The van der Waals surface area contributed by atoms with Crippen LogP contribution in [-0.4, -0.2) is 5.78 Å². The number of hydrogen-bond acceptors (Lipinski definition) is 1. The summed E-state index contributed by atoms with van der Waals surface area (Å²) in [5, 5.41) is 0. The van der Waals surface area contributed by atoms with Gasteiger partial charge in [-0.3, -0.25) is 4.79 Å². The summed E-state index contributed by atoms with van der Waals surface area (Å²) in [4.78, 5) is 12.2. The van der Waals surface area contributed by atoms with Crippen molar-refractivity contribution < 1.29 is 4.79 Å². The molecule has 0 heterocycles. The molecule has 0 rings (SSSR count). The highest BCUT2D eigenvalue weighted by Crippen LogP contribution is 2.17. The first-order valence-corrected chi connectivity index (χ1v) is 21.3. The van der Waals surface area contributed by atoms with Gasteiger partial charge in [-0.2, -0.15) is 0 Å². The van der Waals surface area contributed by atoms with E-state index in [0.717, 1.165) is 25.7 Å². The zero-order valence-electron chi connectivity index (χ0n) is 31.2. The van der Waals surface area contributed by atoms with Gasteiger partial charge in [-0.05, 0) is 12.8 Å². The quantitative estimate of drug-likeness (QED) is 0.0624. The molecule has 1 nitrogen and oxygen atoms in total. The van der Waals surface area contributed by atoms with Crippen LogP contribution in [0.4, 0.5) is 0 Å². The third-order valence-electron chi connectivity index (χ3n) is 10.1. The van der Waals surface area contributed by atoms with Crippen molar-refractivity contribution in [3.8, 4) is 0 Å². The Kier molecular flexibility index (Phi) is 40.4. The Hall–Kier alpha value is -0.330. The molecule has 0 spiro atoms. The van der Waals surface area contributed by atoms with E-state index in [1.165, 1.54) is 231 Å². The van der Waals surface area contributed by atoms with Crippen molar-refractivity contribution in [2.45, 2.75) is 271 Å². The third-order valence-corrected chi connectivity index (χ3v) is 10.1. The minimum Gasteiger partial charge on any atom is -0.300 e. The second-order valence-electron chi connectivity index (χ2n) is 14.8. The highest BCUT2D eigenvalue weighted by Gasteiger charge is 2.02. The molecular formula is C43H86O. The van der Waals surface area contributed by atoms with E-state index in [4.69, 9.17) is 0 Å². The maximum Gasteiger partial charge on any atom is 0.132 e. The van der Waals surface area contributed by atoms with Gasteiger partial charge in [0.05, 0.1) is 0 Å². The van der Waals surface area contributed by atoms with Gasteiger partial charge in [0.1, 0.15) is 5.78 Å². The predicted octanol–water partition coefficient (Wildman–Crippen LogP) is 16.2. The Bertz CT molecular complexity index is 511. The molecule has 0 fully saturated rings. The Morgan fingerprint density at radius 2 is 0.364 bits per heavy atom. The summed E-state index contributed by atoms with van der Waals surface area (Å²) in [6.45, 7) is 4.60. The van der Waals surface area contributed by atoms with Crippen LogP contribution in [0.5, 0.6) is 0 Å². The van der Waals surface area contributed by atoms with Crippen molar-refractivity contribution in [2.75, 3.05) is 0 Å². The van der Waals surface area contributed by atoms with Crippen molar-refractivity contribution in [3.63, 3.8) is 0 Å². The van der Waals surface area contributed by atoms with Crippen LogP contribution >= 0.6 is 0 Å². The second-order valence-corrected chi connectivity index (χ2v) is 14.8. The molecule has 0 amide bonds. The third kappa shape index (κ3) is 39.7. The van der Waals surface area contributed by atoms with Gasteiger partial charge in [-0.1, -0.05) is 245 Å². The van der Waals surface area contributed by atoms with E-state index in [2.05, 4.69) is 13.8 Å². The van der Waals surface area contributed by atoms with E-state index in [-0.39, 0.29) is 0 Å². The van der Waals surface area contributed by atoms with E-state index < -0.39 is 0 Å². The fraction of sp³-hybridized carbons (Fsp3) is 0.977. The Morgan fingerprint density at radius 3 is 0.523 bits per heavy atom. The maximum atomic E-state index is 12.2. The summed E-state index contributed by atoms with van der Waals surface area (Å²) in [5.41, 5.74) is 0. The standard InChI is InChI=1S/C43H86O/c1-3-5-7-9-11-13-15-17-19-21-23-24-26-28-30-32-34-36-38-40-42-43(44)41-39-37-35-33-31-29-27-25-22-20-18-16-14-12-10-8-6-4-2/h3-42H2,1-2H3. The average molecular weight is 619 g/mol. The average Bonchev–Trinajstić information content (AvgIpc) is 3.03. The molecule has 0 radical (unpaired) electrons. The number of carbonyl (C=O) groups excluding carboxylic acids is 1. The predicted molar refractivity (Wildman–Crippen MR) is 201 cm³/mol. The summed E-state index contributed by atoms with van der Waals surface area (Å²) < 4.78 is 0. The molecular weight excluding hydrogens is 532 g/mol. The van der Waals surface area contributed by atoms with Gasteiger partial charge in [-0.25, -0.2) is 0 Å². The molecule has 0 aromatic heterocycles. The topological polar surface area (TPSA) is 17.1 Å². The molecule has 0 unspecified atom stereocenters. The van der Waals surface area contributed by atoms with Crippen molar-refractivity contribution in [3.05, 3.63) is 0 Å². The molecule has 264 valence electrons. The lowest BCUT2D eigenvalue weighted by molar-refractivity contribution is -0.119. The molecule has 0 aromatic rings. The van der Waals surface area contributed by atoms with Crippen LogP contribution in [0.15, 0.2) is 0 Å². The van der Waals surface area contributed by atoms with Crippen molar-refractivity contribution in [2.24, 2.45) is 0 Å². The number of rotatable bonds is 40. The van der Waals surface area contributed by atoms with Crippen LogP contribution in [0.1, 0.15) is 271 Å². The number of carbonyl (C=O) groups is 1. The van der Waals surface area contributed by atoms with Gasteiger partial charge < -0.3 is 0 Å². The van der Waals surface area contributed by atoms with E-state index in [1.807, 2.05) is 0 Å². The van der Waals surface area contributed by atoms with Crippen LogP contribution in [0.25, 0.3) is 0 Å². The Balaban J connectivity index is 3.14. The normalized spacial score (nSPS) is 11.5. The summed E-state index contributed by atoms with van der Waals surface area (Å²) in [5.74, 6) is 0.531. The van der Waals surface area contributed by atoms with Gasteiger partial charge in [0.15, 0.2) is 0 Å². The van der Waals surface area contributed by atoms with E-state index in [1.54, 1.807) is 0 Å². The zero-order chi connectivity index (χ0) is 31.9. The summed E-state index contributed by atoms with van der Waals surface area (Å²) in [6.07, 6.45) is 55.3. The zero-order valence-corrected chi connectivity index (χ0v) is 31.2. The van der Waals surface area contributed by atoms with Crippen molar-refractivity contribution in [1.29, 1.82) is 0 Å². The molecule has 0 N–H and O–H groups in total. The molecule has 0 atom stereocenters. The number of Topliss-reactive ketones (excluding diaryl/α,β-unsaturated/α-hetero) is 1. The first kappa shape index (κ1) is 43.7. The number of unbranched alkanes of at least 4 members (excludes halogenated alkanes) is 36. The SMILES string of the molecule is CCCCCCCCCCCCCCCCCCCCCCC(=O)CCCCCCCCCCCCCCCCCCCC. The molecule has 0 aliphatic carbocycles. The molecule has 0 bridgehead atoms. The van der Waals surface area contributed by atoms with Crippen LogP contribution in [0.3, 0.4) is 0 Å². The fourth-order valence-corrected chi connectivity index (χ4v) is 6.93. The highest BCUT2D eigenvalue weighted by atomic mass is 16.1. The maximum absolute atomic E-state index is 12.2. The van der Waals surface area contributed by atoms with E-state index in [0.29, 0.717) is 5.78 Å². The van der Waals surface area contributed by atoms with Crippen LogP contribution in [0, 0.1) is 0 Å². The minimum absolute atomic E-state index is 0.531. The molecule has 44 heavy (non-hydrogen) atoms. The number of hydrogen-bond donors (Lipinski definition) is 0. The van der Waals surface area contributed by atoms with Gasteiger partial charge in [0, 0.05) is 12.8 Å². The van der Waals surface area contributed by atoms with E-state index in [9.17, 15) is 4.79 Å². The van der Waals surface area contributed by atoms with Crippen molar-refractivity contribution in [1.82, 2.24) is 0 Å². The lowest BCUT2D eigenvalue weighted by Gasteiger charge is -2.05. The smallest absolute Gasteiger partial charge is 0.132 e. The van der Waals surface area contributed by atoms with Crippen LogP contribution < -0.4 is 0 Å². The minimum atomic E-state index is 0.531. The monoisotopic (exact) mass is 619 g/mol. The lowest BCUT2D eigenvalue weighted by atomic mass is 10.0. The number of ketones is 1. The molecule has 0 saturated carbocycles. The van der Waals surface area contributed by atoms with Crippen LogP contribution in [0.2, 0.25) is 0 Å². The lowest BCUT2D eigenvalue weighted by Crippen LogP contribution is -1.97. The Labute approximate surface area is 280 Å². The van der Waals surface area contributed by atoms with Gasteiger partial charge in [0.25, 0.3) is 0 Å². The van der Waals surface area contributed by atoms with E-state index >= 15 is 0 Å². The summed E-state index contributed by atoms with van der Waals surface area (Å²) in [6, 6.07) is 0. The fourth-order valence-electron chi connectivity index (χ4n) is 6.93. The largest absolute Gasteiger partial charge is 0.300 e. The molecule has 0 aliphatic heterocycles. The first-order chi connectivity index (χ1) is 21.8. The van der Waals surface area contributed by atoms with Crippen LogP contribution in [-0.2, 0) is 4.79 Å². The van der Waals surface area contributed by atoms with Gasteiger partial charge >= 0.3 is 0 Å².